The highest BCUT2D eigenvalue weighted by Gasteiger charge is 2.37. The van der Waals surface area contributed by atoms with Crippen LogP contribution in [0.3, 0.4) is 0 Å². The summed E-state index contributed by atoms with van der Waals surface area (Å²) in [5.74, 6) is 0. The van der Waals surface area contributed by atoms with Gasteiger partial charge in [0.25, 0.3) is 0 Å². The van der Waals surface area contributed by atoms with Crippen molar-refractivity contribution >= 4 is 19.7 Å². The predicted octanol–water partition coefficient (Wildman–Crippen LogP) is 3.63. The van der Waals surface area contributed by atoms with Gasteiger partial charge in [0.1, 0.15) is 0 Å². The molecule has 22 heavy (non-hydrogen) atoms. The molecule has 5 heteroatoms. The van der Waals surface area contributed by atoms with Crippen molar-refractivity contribution in [2.75, 3.05) is 36.9 Å². The highest BCUT2D eigenvalue weighted by atomic mass is 28.4. The molecule has 1 aliphatic heterocycles. The first kappa shape index (κ1) is 17.3. The van der Waals surface area contributed by atoms with Crippen molar-refractivity contribution < 1.29 is 9.16 Å². The van der Waals surface area contributed by atoms with Gasteiger partial charge in [-0.2, -0.15) is 0 Å². The van der Waals surface area contributed by atoms with Crippen LogP contribution in [0, 0.1) is 0 Å². The highest BCUT2D eigenvalue weighted by molar-refractivity contribution is 6.74. The van der Waals surface area contributed by atoms with Gasteiger partial charge >= 0.3 is 0 Å². The number of nitrogen functional groups attached to an aromatic ring is 1. The lowest BCUT2D eigenvalue weighted by Gasteiger charge is -2.36. The van der Waals surface area contributed by atoms with E-state index in [-0.39, 0.29) is 5.04 Å². The molecule has 0 spiro atoms. The molecule has 0 radical (unpaired) electrons. The molecule has 124 valence electrons. The van der Waals surface area contributed by atoms with Crippen molar-refractivity contribution in [3.63, 3.8) is 0 Å². The first-order valence-corrected chi connectivity index (χ1v) is 11.0. The molecular weight excluding hydrogens is 292 g/mol. The number of hydrogen-bond acceptors (Lipinski definition) is 4. The standard InChI is InChI=1S/C17H30N2O2Si/c1-17(2,3)22(4,5)21-13-14-12-15(6-7-16(14)18)19-8-10-20-11-9-19/h6-7,12H,8-11,13,18H2,1-5H3. The van der Waals surface area contributed by atoms with Crippen LogP contribution < -0.4 is 10.6 Å². The number of hydrogen-bond donors (Lipinski definition) is 1. The van der Waals surface area contributed by atoms with E-state index in [0.29, 0.717) is 6.61 Å². The SMILES string of the molecule is CC(C)(C)[Si](C)(C)OCc1cc(N2CCOCC2)ccc1N. The molecule has 1 aromatic carbocycles. The molecule has 1 aliphatic rings. The fourth-order valence-electron chi connectivity index (χ4n) is 2.21. The first-order chi connectivity index (χ1) is 10.2. The minimum absolute atomic E-state index is 0.212. The summed E-state index contributed by atoms with van der Waals surface area (Å²) in [7, 11) is -1.76. The van der Waals surface area contributed by atoms with Crippen molar-refractivity contribution in [2.24, 2.45) is 0 Å². The Labute approximate surface area is 135 Å². The molecule has 0 atom stereocenters. The van der Waals surface area contributed by atoms with Gasteiger partial charge in [-0.1, -0.05) is 20.8 Å². The summed E-state index contributed by atoms with van der Waals surface area (Å²) in [6, 6.07) is 6.26. The van der Waals surface area contributed by atoms with Crippen LogP contribution in [0.15, 0.2) is 18.2 Å². The molecule has 0 saturated carbocycles. The maximum Gasteiger partial charge on any atom is 0.192 e. The molecule has 4 nitrogen and oxygen atoms in total. The quantitative estimate of drug-likeness (QED) is 0.679. The Morgan fingerprint density at radius 1 is 1.23 bits per heavy atom. The number of nitrogens with zero attached hydrogens (tertiary/aromatic N) is 1. The second kappa shape index (κ2) is 6.60. The molecule has 0 bridgehead atoms. The Bertz CT molecular complexity index is 506. The summed E-state index contributed by atoms with van der Waals surface area (Å²) in [4.78, 5) is 2.35. The van der Waals surface area contributed by atoms with Crippen molar-refractivity contribution in [1.29, 1.82) is 0 Å². The summed E-state index contributed by atoms with van der Waals surface area (Å²) in [5.41, 5.74) is 9.27. The van der Waals surface area contributed by atoms with E-state index in [1.54, 1.807) is 0 Å². The Hall–Kier alpha value is -1.04. The smallest absolute Gasteiger partial charge is 0.192 e. The summed E-state index contributed by atoms with van der Waals surface area (Å²) in [5, 5.41) is 0.212. The van der Waals surface area contributed by atoms with Gasteiger partial charge in [0, 0.05) is 30.0 Å². The van der Waals surface area contributed by atoms with Crippen LogP contribution in [0.5, 0.6) is 0 Å². The molecule has 1 saturated heterocycles. The third-order valence-electron chi connectivity index (χ3n) is 4.90. The topological polar surface area (TPSA) is 47.7 Å². The van der Waals surface area contributed by atoms with E-state index in [2.05, 4.69) is 50.9 Å². The molecule has 0 unspecified atom stereocenters. The lowest BCUT2D eigenvalue weighted by atomic mass is 10.1. The van der Waals surface area contributed by atoms with Crippen LogP contribution in [0.2, 0.25) is 18.1 Å². The Morgan fingerprint density at radius 3 is 2.45 bits per heavy atom. The second-order valence-corrected chi connectivity index (χ2v) is 12.3. The molecule has 1 aromatic rings. The van der Waals surface area contributed by atoms with E-state index in [1.807, 2.05) is 6.07 Å². The number of nitrogens with two attached hydrogens (primary N) is 1. The monoisotopic (exact) mass is 322 g/mol. The number of ether oxygens (including phenoxy) is 1. The zero-order valence-electron chi connectivity index (χ0n) is 14.6. The summed E-state index contributed by atoms with van der Waals surface area (Å²) in [6.07, 6.45) is 0. The predicted molar refractivity (Wildman–Crippen MR) is 95.9 cm³/mol. The molecular formula is C17H30N2O2Si. The van der Waals surface area contributed by atoms with Crippen molar-refractivity contribution in [2.45, 2.75) is 45.5 Å². The number of benzene rings is 1. The average molecular weight is 323 g/mol. The number of anilines is 2. The lowest BCUT2D eigenvalue weighted by Crippen LogP contribution is -2.40. The van der Waals surface area contributed by atoms with E-state index < -0.39 is 8.32 Å². The van der Waals surface area contributed by atoms with Crippen LogP contribution in [0.4, 0.5) is 11.4 Å². The Kier molecular flexibility index (Phi) is 5.20. The van der Waals surface area contributed by atoms with E-state index >= 15 is 0 Å². The molecule has 1 fully saturated rings. The van der Waals surface area contributed by atoms with Gasteiger partial charge in [-0.15, -0.1) is 0 Å². The zero-order chi connectivity index (χ0) is 16.4. The maximum absolute atomic E-state index is 6.32. The number of rotatable bonds is 4. The largest absolute Gasteiger partial charge is 0.412 e. The van der Waals surface area contributed by atoms with Crippen LogP contribution in [-0.2, 0) is 15.8 Å². The van der Waals surface area contributed by atoms with E-state index in [4.69, 9.17) is 14.9 Å². The van der Waals surface area contributed by atoms with Crippen molar-refractivity contribution in [3.05, 3.63) is 23.8 Å². The van der Waals surface area contributed by atoms with Crippen molar-refractivity contribution in [1.82, 2.24) is 0 Å². The van der Waals surface area contributed by atoms with Crippen molar-refractivity contribution in [3.8, 4) is 0 Å². The third-order valence-corrected chi connectivity index (χ3v) is 9.38. The normalized spacial score (nSPS) is 16.9. The minimum atomic E-state index is -1.76. The molecule has 1 heterocycles. The summed E-state index contributed by atoms with van der Waals surface area (Å²) < 4.78 is 11.7. The van der Waals surface area contributed by atoms with Crippen LogP contribution in [0.25, 0.3) is 0 Å². The fourth-order valence-corrected chi connectivity index (χ4v) is 3.16. The lowest BCUT2D eigenvalue weighted by molar-refractivity contribution is 0.122. The molecule has 0 aliphatic carbocycles. The Morgan fingerprint density at radius 2 is 1.86 bits per heavy atom. The van der Waals surface area contributed by atoms with E-state index in [9.17, 15) is 0 Å². The van der Waals surface area contributed by atoms with Crippen LogP contribution in [0.1, 0.15) is 26.3 Å². The van der Waals surface area contributed by atoms with Gasteiger partial charge in [0.2, 0.25) is 0 Å². The van der Waals surface area contributed by atoms with E-state index in [0.717, 1.165) is 37.6 Å². The van der Waals surface area contributed by atoms with Crippen LogP contribution >= 0.6 is 0 Å². The minimum Gasteiger partial charge on any atom is -0.412 e. The Balaban J connectivity index is 2.10. The summed E-state index contributed by atoms with van der Waals surface area (Å²) in [6.45, 7) is 15.4. The zero-order valence-corrected chi connectivity index (χ0v) is 15.6. The van der Waals surface area contributed by atoms with Gasteiger partial charge in [-0.25, -0.2) is 0 Å². The van der Waals surface area contributed by atoms with Gasteiger partial charge < -0.3 is 19.8 Å². The highest BCUT2D eigenvalue weighted by Crippen LogP contribution is 2.37. The fraction of sp³-hybridized carbons (Fsp3) is 0.647. The molecule has 0 aromatic heterocycles. The van der Waals surface area contributed by atoms with Gasteiger partial charge in [-0.05, 0) is 36.3 Å². The third kappa shape index (κ3) is 4.03. The number of morpholine rings is 1. The second-order valence-electron chi connectivity index (χ2n) is 7.53. The van der Waals surface area contributed by atoms with Crippen LogP contribution in [-0.4, -0.2) is 34.6 Å². The van der Waals surface area contributed by atoms with Gasteiger partial charge in [0.05, 0.1) is 19.8 Å². The average Bonchev–Trinajstić information content (AvgIpc) is 2.46. The maximum atomic E-state index is 6.32. The first-order valence-electron chi connectivity index (χ1n) is 8.06. The van der Waals surface area contributed by atoms with E-state index in [1.165, 1.54) is 5.69 Å². The summed E-state index contributed by atoms with van der Waals surface area (Å²) >= 11 is 0. The van der Waals surface area contributed by atoms with Gasteiger partial charge in [-0.3, -0.25) is 0 Å². The van der Waals surface area contributed by atoms with Gasteiger partial charge in [0.15, 0.2) is 8.32 Å². The molecule has 2 N–H and O–H groups in total. The molecule has 2 rings (SSSR count). The molecule has 0 amide bonds.